The molecule has 5 nitrogen and oxygen atoms in total. The van der Waals surface area contributed by atoms with Gasteiger partial charge in [-0.1, -0.05) is 15.9 Å². The molecule has 1 aliphatic heterocycles. The molecule has 0 saturated carbocycles. The highest BCUT2D eigenvalue weighted by molar-refractivity contribution is 9.09. The topological polar surface area (TPSA) is 41.4 Å². The van der Waals surface area contributed by atoms with Crippen molar-refractivity contribution in [3.05, 3.63) is 18.2 Å². The van der Waals surface area contributed by atoms with Gasteiger partial charge in [-0.15, -0.1) is 0 Å². The summed E-state index contributed by atoms with van der Waals surface area (Å²) in [5, 5.41) is 0.987. The molecule has 0 unspecified atom stereocenters. The van der Waals surface area contributed by atoms with E-state index in [0.717, 1.165) is 44.5 Å². The van der Waals surface area contributed by atoms with Crippen LogP contribution in [-0.2, 0) is 7.05 Å². The van der Waals surface area contributed by atoms with E-state index >= 15 is 0 Å². The number of hydrogen-bond donors (Lipinski definition) is 0. The number of carbonyl (C=O) groups is 1. The molecule has 1 aromatic heterocycles. The zero-order valence-electron chi connectivity index (χ0n) is 10.7. The minimum absolute atomic E-state index is 0.0521. The van der Waals surface area contributed by atoms with Crippen molar-refractivity contribution in [2.24, 2.45) is 7.05 Å². The van der Waals surface area contributed by atoms with Gasteiger partial charge in [0.15, 0.2) is 0 Å². The van der Waals surface area contributed by atoms with Gasteiger partial charge in [-0.25, -0.2) is 4.98 Å². The van der Waals surface area contributed by atoms with Crippen LogP contribution in [0.1, 0.15) is 16.9 Å². The summed E-state index contributed by atoms with van der Waals surface area (Å²) in [5.41, 5.74) is 0.548. The Bertz CT molecular complexity index is 407. The first-order valence-corrected chi connectivity index (χ1v) is 7.38. The van der Waals surface area contributed by atoms with Crippen molar-refractivity contribution < 1.29 is 4.79 Å². The van der Waals surface area contributed by atoms with Crippen molar-refractivity contribution in [1.29, 1.82) is 0 Å². The molecule has 1 saturated heterocycles. The number of imidazole rings is 1. The Morgan fingerprint density at radius 2 is 2.22 bits per heavy atom. The summed E-state index contributed by atoms with van der Waals surface area (Å²) in [5.74, 6) is 0.0521. The average Bonchev–Trinajstić information content (AvgIpc) is 2.65. The number of alkyl halides is 1. The molecule has 1 aliphatic rings. The second-order valence-electron chi connectivity index (χ2n) is 4.60. The lowest BCUT2D eigenvalue weighted by molar-refractivity contribution is 0.0756. The highest BCUT2D eigenvalue weighted by Gasteiger charge is 2.21. The zero-order valence-corrected chi connectivity index (χ0v) is 12.3. The first kappa shape index (κ1) is 13.5. The monoisotopic (exact) mass is 314 g/mol. The largest absolute Gasteiger partial charge is 0.340 e. The van der Waals surface area contributed by atoms with E-state index < -0.39 is 0 Å². The Morgan fingerprint density at radius 1 is 1.39 bits per heavy atom. The Balaban J connectivity index is 1.95. The molecular weight excluding hydrogens is 296 g/mol. The standard InChI is InChI=1S/C12H19BrN4O/c1-15-9-11(14-10-15)12(18)17-5-2-4-16(6-3-13)7-8-17/h9-10H,2-8H2,1H3. The van der Waals surface area contributed by atoms with E-state index in [1.807, 2.05) is 16.5 Å². The van der Waals surface area contributed by atoms with Gasteiger partial charge in [0.05, 0.1) is 6.33 Å². The van der Waals surface area contributed by atoms with Crippen molar-refractivity contribution in [3.63, 3.8) is 0 Å². The lowest BCUT2D eigenvalue weighted by atomic mass is 10.3. The molecule has 0 N–H and O–H groups in total. The lowest BCUT2D eigenvalue weighted by Gasteiger charge is -2.20. The smallest absolute Gasteiger partial charge is 0.274 e. The van der Waals surface area contributed by atoms with Crippen LogP contribution >= 0.6 is 15.9 Å². The first-order chi connectivity index (χ1) is 8.70. The van der Waals surface area contributed by atoms with Gasteiger partial charge < -0.3 is 14.4 Å². The van der Waals surface area contributed by atoms with Crippen LogP contribution in [0, 0.1) is 0 Å². The molecule has 0 bridgehead atoms. The van der Waals surface area contributed by atoms with Gasteiger partial charge in [0, 0.05) is 44.8 Å². The van der Waals surface area contributed by atoms with Crippen LogP contribution in [0.2, 0.25) is 0 Å². The zero-order chi connectivity index (χ0) is 13.0. The van der Waals surface area contributed by atoms with E-state index in [-0.39, 0.29) is 5.91 Å². The Morgan fingerprint density at radius 3 is 2.89 bits per heavy atom. The second-order valence-corrected chi connectivity index (χ2v) is 5.39. The molecule has 2 heterocycles. The maximum absolute atomic E-state index is 12.3. The minimum Gasteiger partial charge on any atom is -0.340 e. The van der Waals surface area contributed by atoms with Crippen LogP contribution in [0.25, 0.3) is 0 Å². The predicted octanol–water partition coefficient (Wildman–Crippen LogP) is 0.963. The van der Waals surface area contributed by atoms with E-state index in [0.29, 0.717) is 5.69 Å². The third-order valence-electron chi connectivity index (χ3n) is 3.20. The molecule has 100 valence electrons. The molecule has 6 heteroatoms. The number of hydrogen-bond acceptors (Lipinski definition) is 3. The Kier molecular flexibility index (Phi) is 4.77. The summed E-state index contributed by atoms with van der Waals surface area (Å²) in [7, 11) is 1.88. The molecule has 1 fully saturated rings. The van der Waals surface area contributed by atoms with Crippen LogP contribution < -0.4 is 0 Å². The van der Waals surface area contributed by atoms with Crippen LogP contribution in [0.5, 0.6) is 0 Å². The summed E-state index contributed by atoms with van der Waals surface area (Å²) in [4.78, 5) is 20.7. The minimum atomic E-state index is 0.0521. The molecule has 0 atom stereocenters. The van der Waals surface area contributed by atoms with Crippen LogP contribution in [-0.4, -0.2) is 63.3 Å². The number of nitrogens with zero attached hydrogens (tertiary/aromatic N) is 4. The van der Waals surface area contributed by atoms with Crippen molar-refractivity contribution >= 4 is 21.8 Å². The summed E-state index contributed by atoms with van der Waals surface area (Å²) in [6, 6.07) is 0. The lowest BCUT2D eigenvalue weighted by Crippen LogP contribution is -2.35. The number of rotatable bonds is 3. The summed E-state index contributed by atoms with van der Waals surface area (Å²) in [6.45, 7) is 4.68. The van der Waals surface area contributed by atoms with E-state index in [9.17, 15) is 4.79 Å². The molecule has 0 aliphatic carbocycles. The third kappa shape index (κ3) is 3.32. The number of halogens is 1. The first-order valence-electron chi connectivity index (χ1n) is 6.26. The van der Waals surface area contributed by atoms with Crippen LogP contribution in [0.15, 0.2) is 12.5 Å². The highest BCUT2D eigenvalue weighted by atomic mass is 79.9. The number of amides is 1. The molecule has 1 amide bonds. The summed E-state index contributed by atoms with van der Waals surface area (Å²) < 4.78 is 1.81. The maximum atomic E-state index is 12.3. The average molecular weight is 315 g/mol. The molecule has 0 radical (unpaired) electrons. The van der Waals surface area contributed by atoms with Crippen molar-refractivity contribution in [2.75, 3.05) is 38.1 Å². The highest BCUT2D eigenvalue weighted by Crippen LogP contribution is 2.08. The summed E-state index contributed by atoms with van der Waals surface area (Å²) in [6.07, 6.45) is 4.48. The fraction of sp³-hybridized carbons (Fsp3) is 0.667. The van der Waals surface area contributed by atoms with Crippen LogP contribution in [0.4, 0.5) is 0 Å². The molecule has 1 aromatic rings. The quantitative estimate of drug-likeness (QED) is 0.780. The van der Waals surface area contributed by atoms with E-state index in [1.54, 1.807) is 12.5 Å². The number of aromatic nitrogens is 2. The van der Waals surface area contributed by atoms with Crippen molar-refractivity contribution in [3.8, 4) is 0 Å². The SMILES string of the molecule is Cn1cnc(C(=O)N2CCCN(CCBr)CC2)c1. The Hall–Kier alpha value is -0.880. The molecule has 0 spiro atoms. The fourth-order valence-electron chi connectivity index (χ4n) is 2.20. The maximum Gasteiger partial charge on any atom is 0.274 e. The number of aryl methyl sites for hydroxylation is 1. The van der Waals surface area contributed by atoms with Gasteiger partial charge in [-0.05, 0) is 13.0 Å². The summed E-state index contributed by atoms with van der Waals surface area (Å²) >= 11 is 3.46. The van der Waals surface area contributed by atoms with Crippen molar-refractivity contribution in [2.45, 2.75) is 6.42 Å². The van der Waals surface area contributed by atoms with Gasteiger partial charge in [0.25, 0.3) is 5.91 Å². The van der Waals surface area contributed by atoms with Gasteiger partial charge >= 0.3 is 0 Å². The van der Waals surface area contributed by atoms with E-state index in [4.69, 9.17) is 0 Å². The van der Waals surface area contributed by atoms with Gasteiger partial charge in [0.2, 0.25) is 0 Å². The normalized spacial score (nSPS) is 17.8. The molecule has 0 aromatic carbocycles. The van der Waals surface area contributed by atoms with Crippen molar-refractivity contribution in [1.82, 2.24) is 19.4 Å². The van der Waals surface area contributed by atoms with E-state index in [2.05, 4.69) is 25.8 Å². The van der Waals surface area contributed by atoms with E-state index in [1.165, 1.54) is 0 Å². The second kappa shape index (κ2) is 6.33. The number of carbonyl (C=O) groups excluding carboxylic acids is 1. The Labute approximate surface area is 116 Å². The van der Waals surface area contributed by atoms with Gasteiger partial charge in [-0.3, -0.25) is 4.79 Å². The fourth-order valence-corrected chi connectivity index (χ4v) is 2.70. The predicted molar refractivity (Wildman–Crippen MR) is 74.0 cm³/mol. The third-order valence-corrected chi connectivity index (χ3v) is 3.56. The van der Waals surface area contributed by atoms with Crippen LogP contribution in [0.3, 0.4) is 0 Å². The van der Waals surface area contributed by atoms with Gasteiger partial charge in [0.1, 0.15) is 5.69 Å². The molecule has 2 rings (SSSR count). The molecule has 18 heavy (non-hydrogen) atoms. The molecular formula is C12H19BrN4O. The van der Waals surface area contributed by atoms with Gasteiger partial charge in [-0.2, -0.15) is 0 Å².